The van der Waals surface area contributed by atoms with Crippen molar-refractivity contribution < 1.29 is 18.7 Å². The van der Waals surface area contributed by atoms with Crippen molar-refractivity contribution in [3.8, 4) is 0 Å². The molecule has 3 fully saturated rings. The highest BCUT2D eigenvalue weighted by atomic mass is 19.1. The summed E-state index contributed by atoms with van der Waals surface area (Å²) in [4.78, 5) is 26.8. The molecular weight excluding hydrogens is 275 g/mol. The molecule has 3 heterocycles. The maximum absolute atomic E-state index is 12.2. The molecule has 0 radical (unpaired) electrons. The molecular formula is C15H23FN2O3. The highest BCUT2D eigenvalue weighted by Gasteiger charge is 2.48. The van der Waals surface area contributed by atoms with Crippen molar-refractivity contribution in [2.45, 2.75) is 37.7 Å². The van der Waals surface area contributed by atoms with Crippen molar-refractivity contribution in [3.63, 3.8) is 0 Å². The van der Waals surface area contributed by atoms with Crippen LogP contribution < -0.4 is 0 Å². The number of carbonyl (C=O) groups excluding carboxylic acids is 2. The molecule has 3 rings (SSSR count). The molecule has 3 aliphatic heterocycles. The summed E-state index contributed by atoms with van der Waals surface area (Å²) in [6, 6.07) is 0. The first-order chi connectivity index (χ1) is 10.1. The minimum Gasteiger partial charge on any atom is -0.371 e. The zero-order valence-corrected chi connectivity index (χ0v) is 12.4. The van der Waals surface area contributed by atoms with E-state index in [0.29, 0.717) is 32.0 Å². The number of rotatable bonds is 4. The van der Waals surface area contributed by atoms with Gasteiger partial charge in [0, 0.05) is 25.4 Å². The summed E-state index contributed by atoms with van der Waals surface area (Å²) in [6.45, 7) is 2.96. The molecule has 1 spiro atoms. The number of likely N-dealkylation sites (tertiary alicyclic amines) is 2. The largest absolute Gasteiger partial charge is 0.371 e. The Bertz CT molecular complexity index is 413. The highest BCUT2D eigenvalue weighted by molar-refractivity contribution is 5.78. The SMILES string of the molecule is O=C1CCCN1CC1CCC2(CN(C(=O)CCF)C2)OC1. The first-order valence-corrected chi connectivity index (χ1v) is 7.87. The molecule has 5 nitrogen and oxygen atoms in total. The van der Waals surface area contributed by atoms with Gasteiger partial charge >= 0.3 is 0 Å². The minimum absolute atomic E-state index is 0.0181. The Morgan fingerprint density at radius 3 is 2.81 bits per heavy atom. The Morgan fingerprint density at radius 1 is 1.43 bits per heavy atom. The Hall–Kier alpha value is -1.17. The predicted molar refractivity (Wildman–Crippen MR) is 74.4 cm³/mol. The lowest BCUT2D eigenvalue weighted by Crippen LogP contribution is -2.66. The van der Waals surface area contributed by atoms with Gasteiger partial charge < -0.3 is 14.5 Å². The number of halogens is 1. The van der Waals surface area contributed by atoms with Gasteiger partial charge in [-0.15, -0.1) is 0 Å². The number of nitrogens with zero attached hydrogens (tertiary/aromatic N) is 2. The quantitative estimate of drug-likeness (QED) is 0.777. The van der Waals surface area contributed by atoms with Gasteiger partial charge in [0.05, 0.1) is 32.8 Å². The smallest absolute Gasteiger partial charge is 0.225 e. The number of amides is 2. The summed E-state index contributed by atoms with van der Waals surface area (Å²) in [5.74, 6) is 0.562. The van der Waals surface area contributed by atoms with Crippen LogP contribution in [0.2, 0.25) is 0 Å². The fourth-order valence-corrected chi connectivity index (χ4v) is 3.58. The van der Waals surface area contributed by atoms with Crippen LogP contribution in [-0.4, -0.2) is 66.7 Å². The molecule has 1 unspecified atom stereocenters. The highest BCUT2D eigenvalue weighted by Crippen LogP contribution is 2.36. The van der Waals surface area contributed by atoms with E-state index in [9.17, 15) is 14.0 Å². The lowest BCUT2D eigenvalue weighted by atomic mass is 9.82. The summed E-state index contributed by atoms with van der Waals surface area (Å²) < 4.78 is 18.2. The predicted octanol–water partition coefficient (Wildman–Crippen LogP) is 0.976. The summed E-state index contributed by atoms with van der Waals surface area (Å²) >= 11 is 0. The third-order valence-electron chi connectivity index (χ3n) is 4.90. The monoisotopic (exact) mass is 298 g/mol. The Labute approximate surface area is 124 Å². The third-order valence-corrected chi connectivity index (χ3v) is 4.90. The molecule has 0 saturated carbocycles. The van der Waals surface area contributed by atoms with Crippen LogP contribution in [0.3, 0.4) is 0 Å². The summed E-state index contributed by atoms with van der Waals surface area (Å²) in [6.07, 6.45) is 3.61. The van der Waals surface area contributed by atoms with E-state index in [2.05, 4.69) is 0 Å². The second-order valence-electron chi connectivity index (χ2n) is 6.53. The number of alkyl halides is 1. The first-order valence-electron chi connectivity index (χ1n) is 7.87. The summed E-state index contributed by atoms with van der Waals surface area (Å²) in [5, 5.41) is 0. The van der Waals surface area contributed by atoms with Gasteiger partial charge in [-0.1, -0.05) is 0 Å². The van der Waals surface area contributed by atoms with E-state index >= 15 is 0 Å². The van der Waals surface area contributed by atoms with E-state index in [1.807, 2.05) is 4.90 Å². The molecule has 0 aromatic carbocycles. The van der Waals surface area contributed by atoms with Crippen LogP contribution in [0.4, 0.5) is 4.39 Å². The van der Waals surface area contributed by atoms with Crippen LogP contribution in [0.25, 0.3) is 0 Å². The van der Waals surface area contributed by atoms with E-state index in [0.717, 1.165) is 32.4 Å². The topological polar surface area (TPSA) is 49.9 Å². The zero-order chi connectivity index (χ0) is 14.9. The van der Waals surface area contributed by atoms with E-state index in [1.54, 1.807) is 4.90 Å². The number of hydrogen-bond acceptors (Lipinski definition) is 3. The molecule has 3 saturated heterocycles. The molecule has 0 N–H and O–H groups in total. The molecule has 0 bridgehead atoms. The van der Waals surface area contributed by atoms with Gasteiger partial charge in [0.25, 0.3) is 0 Å². The Morgan fingerprint density at radius 2 is 2.24 bits per heavy atom. The number of carbonyl (C=O) groups is 2. The number of ether oxygens (including phenoxy) is 1. The molecule has 0 aliphatic carbocycles. The van der Waals surface area contributed by atoms with E-state index < -0.39 is 6.67 Å². The maximum Gasteiger partial charge on any atom is 0.225 e. The van der Waals surface area contributed by atoms with Crippen molar-refractivity contribution in [1.29, 1.82) is 0 Å². The first kappa shape index (κ1) is 14.8. The minimum atomic E-state index is -0.588. The fraction of sp³-hybridized carbons (Fsp3) is 0.867. The summed E-state index contributed by atoms with van der Waals surface area (Å²) in [5.41, 5.74) is -0.197. The van der Waals surface area contributed by atoms with Crippen molar-refractivity contribution in [2.24, 2.45) is 5.92 Å². The average molecular weight is 298 g/mol. The normalized spacial score (nSPS) is 28.0. The van der Waals surface area contributed by atoms with Crippen LogP contribution in [0.1, 0.15) is 32.1 Å². The molecule has 6 heteroatoms. The third kappa shape index (κ3) is 3.05. The van der Waals surface area contributed by atoms with Gasteiger partial charge in [0.2, 0.25) is 11.8 Å². The van der Waals surface area contributed by atoms with Gasteiger partial charge in [-0.25, -0.2) is 0 Å². The Balaban J connectivity index is 1.42. The van der Waals surface area contributed by atoms with Crippen LogP contribution in [0.15, 0.2) is 0 Å². The van der Waals surface area contributed by atoms with Crippen molar-refractivity contribution in [1.82, 2.24) is 9.80 Å². The molecule has 3 aliphatic rings. The van der Waals surface area contributed by atoms with Crippen LogP contribution in [0, 0.1) is 5.92 Å². The average Bonchev–Trinajstić information content (AvgIpc) is 2.83. The van der Waals surface area contributed by atoms with E-state index in [-0.39, 0.29) is 23.8 Å². The standard InChI is InChI=1S/C15H23FN2O3/c16-6-4-14(20)18-10-15(11-18)5-3-12(9-21-15)8-17-7-1-2-13(17)19/h12H,1-11H2. The summed E-state index contributed by atoms with van der Waals surface area (Å²) in [7, 11) is 0. The Kier molecular flexibility index (Phi) is 4.15. The molecule has 21 heavy (non-hydrogen) atoms. The van der Waals surface area contributed by atoms with Crippen molar-refractivity contribution >= 4 is 11.8 Å². The second kappa shape index (κ2) is 5.91. The zero-order valence-electron chi connectivity index (χ0n) is 12.4. The molecule has 2 amide bonds. The van der Waals surface area contributed by atoms with Gasteiger partial charge in [-0.3, -0.25) is 14.0 Å². The molecule has 118 valence electrons. The van der Waals surface area contributed by atoms with Crippen LogP contribution >= 0.6 is 0 Å². The molecule has 0 aromatic rings. The van der Waals surface area contributed by atoms with Gasteiger partial charge in [0.1, 0.15) is 5.60 Å². The second-order valence-corrected chi connectivity index (χ2v) is 6.53. The maximum atomic E-state index is 12.2. The van der Waals surface area contributed by atoms with E-state index in [4.69, 9.17) is 4.74 Å². The van der Waals surface area contributed by atoms with Gasteiger partial charge in [-0.2, -0.15) is 0 Å². The number of hydrogen-bond donors (Lipinski definition) is 0. The lowest BCUT2D eigenvalue weighted by Gasteiger charge is -2.53. The van der Waals surface area contributed by atoms with E-state index in [1.165, 1.54) is 0 Å². The molecule has 1 atom stereocenters. The molecule has 0 aromatic heterocycles. The van der Waals surface area contributed by atoms with Crippen molar-refractivity contribution in [3.05, 3.63) is 0 Å². The van der Waals surface area contributed by atoms with Crippen LogP contribution in [0.5, 0.6) is 0 Å². The van der Waals surface area contributed by atoms with Crippen LogP contribution in [-0.2, 0) is 14.3 Å². The van der Waals surface area contributed by atoms with Gasteiger partial charge in [-0.05, 0) is 19.3 Å². The fourth-order valence-electron chi connectivity index (χ4n) is 3.58. The van der Waals surface area contributed by atoms with Crippen molar-refractivity contribution in [2.75, 3.05) is 39.5 Å². The lowest BCUT2D eigenvalue weighted by molar-refractivity contribution is -0.190. The van der Waals surface area contributed by atoms with Gasteiger partial charge in [0.15, 0.2) is 0 Å².